The van der Waals surface area contributed by atoms with E-state index in [2.05, 4.69) is 24.0 Å². The molecule has 2 N–H and O–H groups in total. The Morgan fingerprint density at radius 2 is 1.84 bits per heavy atom. The predicted molar refractivity (Wildman–Crippen MR) is 77.7 cm³/mol. The summed E-state index contributed by atoms with van der Waals surface area (Å²) in [6, 6.07) is 6.23. The highest BCUT2D eigenvalue weighted by molar-refractivity contribution is 7.88. The van der Waals surface area contributed by atoms with E-state index in [0.717, 1.165) is 11.3 Å². The average Bonchev–Trinajstić information content (AvgIpc) is 2.38. The zero-order valence-corrected chi connectivity index (χ0v) is 12.3. The largest absolute Gasteiger partial charge is 0.369 e. The van der Waals surface area contributed by atoms with Crippen molar-refractivity contribution < 1.29 is 8.42 Å². The molecule has 1 aliphatic heterocycles. The molecule has 0 spiro atoms. The van der Waals surface area contributed by atoms with E-state index in [0.29, 0.717) is 32.7 Å². The fraction of sp³-hybridized carbons (Fsp3) is 0.538. The lowest BCUT2D eigenvalue weighted by Gasteiger charge is -2.35. The Balaban J connectivity index is 2.16. The van der Waals surface area contributed by atoms with Crippen molar-refractivity contribution in [2.75, 3.05) is 37.3 Å². The number of benzene rings is 1. The van der Waals surface area contributed by atoms with Gasteiger partial charge in [0.15, 0.2) is 0 Å². The number of rotatable bonds is 3. The first kappa shape index (κ1) is 14.3. The van der Waals surface area contributed by atoms with Gasteiger partial charge in [0.1, 0.15) is 0 Å². The summed E-state index contributed by atoms with van der Waals surface area (Å²) in [5.41, 5.74) is 9.21. The van der Waals surface area contributed by atoms with E-state index in [1.165, 1.54) is 16.1 Å². The van der Waals surface area contributed by atoms with E-state index < -0.39 is 10.0 Å². The maximum absolute atomic E-state index is 11.5. The minimum Gasteiger partial charge on any atom is -0.369 e. The molecule has 1 aromatic rings. The van der Waals surface area contributed by atoms with Gasteiger partial charge in [0.25, 0.3) is 0 Å². The predicted octanol–water partition coefficient (Wildman–Crippen LogP) is 0.535. The van der Waals surface area contributed by atoms with E-state index in [-0.39, 0.29) is 0 Å². The number of aryl methyl sites for hydroxylation is 1. The topological polar surface area (TPSA) is 66.6 Å². The maximum atomic E-state index is 11.5. The van der Waals surface area contributed by atoms with Gasteiger partial charge in [-0.2, -0.15) is 4.31 Å². The van der Waals surface area contributed by atoms with E-state index in [1.54, 1.807) is 0 Å². The first-order chi connectivity index (χ1) is 8.91. The number of nitrogens with two attached hydrogens (primary N) is 1. The second-order valence-electron chi connectivity index (χ2n) is 4.99. The molecule has 0 amide bonds. The van der Waals surface area contributed by atoms with Crippen LogP contribution >= 0.6 is 0 Å². The second-order valence-corrected chi connectivity index (χ2v) is 6.97. The van der Waals surface area contributed by atoms with Crippen LogP contribution < -0.4 is 10.6 Å². The number of nitrogens with zero attached hydrogens (tertiary/aromatic N) is 2. The lowest BCUT2D eigenvalue weighted by Crippen LogP contribution is -2.48. The van der Waals surface area contributed by atoms with Gasteiger partial charge in [-0.3, -0.25) is 0 Å². The second kappa shape index (κ2) is 5.48. The molecular formula is C13H21N3O2S. The summed E-state index contributed by atoms with van der Waals surface area (Å²) >= 11 is 0. The summed E-state index contributed by atoms with van der Waals surface area (Å²) in [5, 5.41) is 0. The molecule has 2 rings (SSSR count). The van der Waals surface area contributed by atoms with Crippen molar-refractivity contribution in [2.45, 2.75) is 13.5 Å². The van der Waals surface area contributed by atoms with Crippen molar-refractivity contribution in [3.05, 3.63) is 29.3 Å². The Hall–Kier alpha value is -1.11. The Morgan fingerprint density at radius 3 is 2.37 bits per heavy atom. The molecule has 106 valence electrons. The van der Waals surface area contributed by atoms with Crippen molar-refractivity contribution in [1.29, 1.82) is 0 Å². The number of hydrogen-bond acceptors (Lipinski definition) is 4. The van der Waals surface area contributed by atoms with E-state index in [1.807, 2.05) is 6.07 Å². The zero-order valence-electron chi connectivity index (χ0n) is 11.5. The van der Waals surface area contributed by atoms with Crippen LogP contribution in [-0.4, -0.2) is 45.2 Å². The molecule has 1 saturated heterocycles. The average molecular weight is 283 g/mol. The van der Waals surface area contributed by atoms with Gasteiger partial charge in [-0.25, -0.2) is 8.42 Å². The normalized spacial score (nSPS) is 17.7. The molecule has 0 unspecified atom stereocenters. The minimum absolute atomic E-state index is 0.502. The van der Waals surface area contributed by atoms with Gasteiger partial charge >= 0.3 is 0 Å². The summed E-state index contributed by atoms with van der Waals surface area (Å²) in [4.78, 5) is 2.22. The summed E-state index contributed by atoms with van der Waals surface area (Å²) in [7, 11) is -3.07. The lowest BCUT2D eigenvalue weighted by atomic mass is 10.1. The Labute approximate surface area is 115 Å². The number of anilines is 1. The van der Waals surface area contributed by atoms with Crippen molar-refractivity contribution in [2.24, 2.45) is 5.73 Å². The van der Waals surface area contributed by atoms with Crippen LogP contribution in [0.5, 0.6) is 0 Å². The van der Waals surface area contributed by atoms with Gasteiger partial charge in [-0.1, -0.05) is 12.1 Å². The van der Waals surface area contributed by atoms with Crippen LogP contribution in [0.15, 0.2) is 18.2 Å². The summed E-state index contributed by atoms with van der Waals surface area (Å²) in [5.74, 6) is 0. The molecule has 1 fully saturated rings. The molecule has 0 radical (unpaired) electrons. The maximum Gasteiger partial charge on any atom is 0.211 e. The van der Waals surface area contributed by atoms with Gasteiger partial charge in [0.05, 0.1) is 6.26 Å². The van der Waals surface area contributed by atoms with Gasteiger partial charge < -0.3 is 10.6 Å². The van der Waals surface area contributed by atoms with Crippen molar-refractivity contribution in [1.82, 2.24) is 4.31 Å². The van der Waals surface area contributed by atoms with Crippen LogP contribution in [0.1, 0.15) is 11.1 Å². The molecule has 1 heterocycles. The van der Waals surface area contributed by atoms with Crippen LogP contribution in [0.2, 0.25) is 0 Å². The third kappa shape index (κ3) is 3.26. The molecule has 5 nitrogen and oxygen atoms in total. The first-order valence-electron chi connectivity index (χ1n) is 6.41. The van der Waals surface area contributed by atoms with E-state index in [9.17, 15) is 8.42 Å². The van der Waals surface area contributed by atoms with E-state index >= 15 is 0 Å². The third-order valence-corrected chi connectivity index (χ3v) is 4.81. The molecule has 0 bridgehead atoms. The molecule has 0 aliphatic carbocycles. The smallest absolute Gasteiger partial charge is 0.211 e. The van der Waals surface area contributed by atoms with Crippen LogP contribution in [0.25, 0.3) is 0 Å². The van der Waals surface area contributed by atoms with Crippen LogP contribution in [-0.2, 0) is 16.6 Å². The number of piperazine rings is 1. The Bertz CT molecular complexity index is 549. The first-order valence-corrected chi connectivity index (χ1v) is 8.26. The Kier molecular flexibility index (Phi) is 4.13. The molecular weight excluding hydrogens is 262 g/mol. The molecule has 0 aromatic heterocycles. The summed E-state index contributed by atoms with van der Waals surface area (Å²) in [6.07, 6.45) is 1.26. The molecule has 6 heteroatoms. The molecule has 1 aromatic carbocycles. The molecule has 19 heavy (non-hydrogen) atoms. The quantitative estimate of drug-likeness (QED) is 0.879. The standard InChI is InChI=1S/C13H21N3O2S/c1-11-3-4-12(10-14)13(9-11)15-5-7-16(8-6-15)19(2,17)18/h3-4,9H,5-8,10,14H2,1-2H3. The van der Waals surface area contributed by atoms with E-state index in [4.69, 9.17) is 5.73 Å². The van der Waals surface area contributed by atoms with Crippen molar-refractivity contribution in [3.8, 4) is 0 Å². The Morgan fingerprint density at radius 1 is 1.21 bits per heavy atom. The lowest BCUT2D eigenvalue weighted by molar-refractivity contribution is 0.388. The minimum atomic E-state index is -3.07. The van der Waals surface area contributed by atoms with Crippen LogP contribution in [0, 0.1) is 6.92 Å². The zero-order chi connectivity index (χ0) is 14.0. The highest BCUT2D eigenvalue weighted by Gasteiger charge is 2.24. The molecule has 1 aliphatic rings. The fourth-order valence-corrected chi connectivity index (χ4v) is 3.23. The van der Waals surface area contributed by atoms with Crippen molar-refractivity contribution >= 4 is 15.7 Å². The van der Waals surface area contributed by atoms with Crippen LogP contribution in [0.3, 0.4) is 0 Å². The number of sulfonamides is 1. The van der Waals surface area contributed by atoms with Gasteiger partial charge in [0, 0.05) is 38.4 Å². The van der Waals surface area contributed by atoms with Crippen molar-refractivity contribution in [3.63, 3.8) is 0 Å². The van der Waals surface area contributed by atoms with Gasteiger partial charge in [0.2, 0.25) is 10.0 Å². The highest BCUT2D eigenvalue weighted by Crippen LogP contribution is 2.23. The summed E-state index contributed by atoms with van der Waals surface area (Å²) in [6.45, 7) is 5.05. The third-order valence-electron chi connectivity index (χ3n) is 3.51. The SMILES string of the molecule is Cc1ccc(CN)c(N2CCN(S(C)(=O)=O)CC2)c1. The highest BCUT2D eigenvalue weighted by atomic mass is 32.2. The molecule has 0 saturated carbocycles. The van der Waals surface area contributed by atoms with Gasteiger partial charge in [-0.05, 0) is 24.1 Å². The summed E-state index contributed by atoms with van der Waals surface area (Å²) < 4.78 is 24.5. The monoisotopic (exact) mass is 283 g/mol. The van der Waals surface area contributed by atoms with Crippen LogP contribution in [0.4, 0.5) is 5.69 Å². The van der Waals surface area contributed by atoms with Gasteiger partial charge in [-0.15, -0.1) is 0 Å². The number of hydrogen-bond donors (Lipinski definition) is 1. The fourth-order valence-electron chi connectivity index (χ4n) is 2.40. The molecule has 0 atom stereocenters.